The topological polar surface area (TPSA) is 66.9 Å². The number of aryl methyl sites for hydroxylation is 1. The number of anilines is 2. The van der Waals surface area contributed by atoms with Crippen molar-refractivity contribution in [2.75, 3.05) is 5.32 Å². The van der Waals surface area contributed by atoms with E-state index in [1.54, 1.807) is 36.5 Å². The van der Waals surface area contributed by atoms with Crippen molar-refractivity contribution in [2.24, 2.45) is 0 Å². The summed E-state index contributed by atoms with van der Waals surface area (Å²) in [5, 5.41) is 6.24. The van der Waals surface area contributed by atoms with Gasteiger partial charge in [-0.15, -0.1) is 0 Å². The number of aromatic nitrogens is 2. The van der Waals surface area contributed by atoms with Gasteiger partial charge in [-0.2, -0.15) is 0 Å². The standard InChI is InChI=1S/C26H23FN4O/c1-17-6-8-19(9-7-17)18(2)29-26(32)21-4-3-5-23(16-21)30-24-14-15-28-25(31-24)20-10-12-22(27)13-11-20/h3-16,18H,1-2H3,(H,29,32)(H,28,30,31). The van der Waals surface area contributed by atoms with Gasteiger partial charge in [0.15, 0.2) is 5.82 Å². The number of rotatable bonds is 6. The Hall–Kier alpha value is -4.06. The number of hydrogen-bond donors (Lipinski definition) is 2. The van der Waals surface area contributed by atoms with Gasteiger partial charge in [-0.05, 0) is 67.9 Å². The van der Waals surface area contributed by atoms with E-state index in [9.17, 15) is 9.18 Å². The van der Waals surface area contributed by atoms with Crippen LogP contribution < -0.4 is 10.6 Å². The molecule has 4 aromatic rings. The Balaban J connectivity index is 1.47. The van der Waals surface area contributed by atoms with Crippen LogP contribution in [-0.4, -0.2) is 15.9 Å². The second kappa shape index (κ2) is 9.39. The van der Waals surface area contributed by atoms with Gasteiger partial charge in [0.1, 0.15) is 11.6 Å². The average molecular weight is 426 g/mol. The molecular formula is C26H23FN4O. The summed E-state index contributed by atoms with van der Waals surface area (Å²) in [5.74, 6) is 0.590. The molecule has 1 atom stereocenters. The van der Waals surface area contributed by atoms with Gasteiger partial charge in [0.2, 0.25) is 0 Å². The minimum atomic E-state index is -0.310. The van der Waals surface area contributed by atoms with Gasteiger partial charge in [0.05, 0.1) is 6.04 Å². The van der Waals surface area contributed by atoms with Crippen molar-refractivity contribution in [1.82, 2.24) is 15.3 Å². The van der Waals surface area contributed by atoms with Crippen molar-refractivity contribution in [3.63, 3.8) is 0 Å². The molecule has 160 valence electrons. The number of carbonyl (C=O) groups excluding carboxylic acids is 1. The highest BCUT2D eigenvalue weighted by molar-refractivity contribution is 5.95. The van der Waals surface area contributed by atoms with Gasteiger partial charge < -0.3 is 10.6 Å². The van der Waals surface area contributed by atoms with Crippen LogP contribution in [-0.2, 0) is 0 Å². The Morgan fingerprint density at radius 2 is 1.72 bits per heavy atom. The molecule has 0 aliphatic rings. The number of halogens is 1. The third-order valence-electron chi connectivity index (χ3n) is 5.08. The van der Waals surface area contributed by atoms with Crippen LogP contribution in [0, 0.1) is 12.7 Å². The first-order valence-corrected chi connectivity index (χ1v) is 10.3. The lowest BCUT2D eigenvalue weighted by Crippen LogP contribution is -2.26. The smallest absolute Gasteiger partial charge is 0.251 e. The summed E-state index contributed by atoms with van der Waals surface area (Å²) in [6.45, 7) is 3.99. The van der Waals surface area contributed by atoms with E-state index in [-0.39, 0.29) is 17.8 Å². The van der Waals surface area contributed by atoms with Crippen molar-refractivity contribution in [1.29, 1.82) is 0 Å². The first-order valence-electron chi connectivity index (χ1n) is 10.3. The molecule has 0 fully saturated rings. The second-order valence-corrected chi connectivity index (χ2v) is 7.58. The normalized spacial score (nSPS) is 11.6. The first kappa shape index (κ1) is 21.2. The summed E-state index contributed by atoms with van der Waals surface area (Å²) in [7, 11) is 0. The SMILES string of the molecule is Cc1ccc(C(C)NC(=O)c2cccc(Nc3ccnc(-c4ccc(F)cc4)n3)c2)cc1. The summed E-state index contributed by atoms with van der Waals surface area (Å²) >= 11 is 0. The fraction of sp³-hybridized carbons (Fsp3) is 0.115. The molecule has 0 aliphatic heterocycles. The van der Waals surface area contributed by atoms with E-state index in [2.05, 4.69) is 20.6 Å². The molecule has 1 heterocycles. The van der Waals surface area contributed by atoms with Crippen LogP contribution in [0.25, 0.3) is 11.4 Å². The highest BCUT2D eigenvalue weighted by atomic mass is 19.1. The molecule has 0 saturated heterocycles. The molecular weight excluding hydrogens is 403 g/mol. The van der Waals surface area contributed by atoms with Crippen LogP contribution in [0.15, 0.2) is 85.1 Å². The van der Waals surface area contributed by atoms with Crippen LogP contribution in [0.4, 0.5) is 15.9 Å². The van der Waals surface area contributed by atoms with Gasteiger partial charge in [-0.25, -0.2) is 14.4 Å². The van der Waals surface area contributed by atoms with Crippen LogP contribution in [0.1, 0.15) is 34.5 Å². The van der Waals surface area contributed by atoms with Crippen LogP contribution in [0.3, 0.4) is 0 Å². The lowest BCUT2D eigenvalue weighted by molar-refractivity contribution is 0.0940. The van der Waals surface area contributed by atoms with Crippen LogP contribution in [0.5, 0.6) is 0 Å². The van der Waals surface area contributed by atoms with E-state index in [1.165, 1.54) is 17.7 Å². The maximum atomic E-state index is 13.2. The molecule has 3 aromatic carbocycles. The van der Waals surface area contributed by atoms with Crippen molar-refractivity contribution in [3.8, 4) is 11.4 Å². The van der Waals surface area contributed by atoms with E-state index in [1.807, 2.05) is 50.2 Å². The third kappa shape index (κ3) is 5.16. The molecule has 0 aliphatic carbocycles. The van der Waals surface area contributed by atoms with E-state index in [0.29, 0.717) is 22.8 Å². The summed E-state index contributed by atoms with van der Waals surface area (Å²) < 4.78 is 13.2. The number of benzene rings is 3. The summed E-state index contributed by atoms with van der Waals surface area (Å²) in [6.07, 6.45) is 1.63. The predicted molar refractivity (Wildman–Crippen MR) is 124 cm³/mol. The second-order valence-electron chi connectivity index (χ2n) is 7.58. The van der Waals surface area contributed by atoms with Crippen molar-refractivity contribution in [2.45, 2.75) is 19.9 Å². The van der Waals surface area contributed by atoms with Gasteiger partial charge in [0, 0.05) is 23.0 Å². The number of hydrogen-bond acceptors (Lipinski definition) is 4. The quantitative estimate of drug-likeness (QED) is 0.407. The monoisotopic (exact) mass is 426 g/mol. The van der Waals surface area contributed by atoms with E-state index in [4.69, 9.17) is 0 Å². The first-order chi connectivity index (χ1) is 15.5. The molecule has 32 heavy (non-hydrogen) atoms. The van der Waals surface area contributed by atoms with E-state index < -0.39 is 0 Å². The zero-order valence-electron chi connectivity index (χ0n) is 17.8. The molecule has 1 aromatic heterocycles. The summed E-state index contributed by atoms with van der Waals surface area (Å²) in [5.41, 5.74) is 4.21. The molecule has 1 amide bonds. The highest BCUT2D eigenvalue weighted by Crippen LogP contribution is 2.21. The molecule has 6 heteroatoms. The molecule has 5 nitrogen and oxygen atoms in total. The zero-order valence-corrected chi connectivity index (χ0v) is 17.8. The van der Waals surface area contributed by atoms with Crippen LogP contribution in [0.2, 0.25) is 0 Å². The maximum Gasteiger partial charge on any atom is 0.251 e. The Labute approximate surface area is 186 Å². The number of nitrogens with one attached hydrogen (secondary N) is 2. The molecule has 1 unspecified atom stereocenters. The fourth-order valence-corrected chi connectivity index (χ4v) is 3.27. The Morgan fingerprint density at radius 3 is 2.47 bits per heavy atom. The molecule has 0 saturated carbocycles. The Morgan fingerprint density at radius 1 is 0.969 bits per heavy atom. The number of nitrogens with zero attached hydrogens (tertiary/aromatic N) is 2. The molecule has 0 radical (unpaired) electrons. The molecule has 0 bridgehead atoms. The summed E-state index contributed by atoms with van der Waals surface area (Å²) in [6, 6.07) is 23.0. The van der Waals surface area contributed by atoms with E-state index in [0.717, 1.165) is 11.3 Å². The van der Waals surface area contributed by atoms with Crippen molar-refractivity contribution < 1.29 is 9.18 Å². The molecule has 2 N–H and O–H groups in total. The number of carbonyl (C=O) groups is 1. The average Bonchev–Trinajstić information content (AvgIpc) is 2.80. The minimum Gasteiger partial charge on any atom is -0.346 e. The van der Waals surface area contributed by atoms with Gasteiger partial charge in [-0.1, -0.05) is 35.9 Å². The van der Waals surface area contributed by atoms with Crippen LogP contribution >= 0.6 is 0 Å². The fourth-order valence-electron chi connectivity index (χ4n) is 3.27. The zero-order chi connectivity index (χ0) is 22.5. The third-order valence-corrected chi connectivity index (χ3v) is 5.08. The predicted octanol–water partition coefficient (Wildman–Crippen LogP) is 5.83. The Bertz CT molecular complexity index is 1220. The van der Waals surface area contributed by atoms with Gasteiger partial charge in [-0.3, -0.25) is 4.79 Å². The van der Waals surface area contributed by atoms with Gasteiger partial charge >= 0.3 is 0 Å². The van der Waals surface area contributed by atoms with E-state index >= 15 is 0 Å². The van der Waals surface area contributed by atoms with Crippen molar-refractivity contribution in [3.05, 3.63) is 108 Å². The van der Waals surface area contributed by atoms with Gasteiger partial charge in [0.25, 0.3) is 5.91 Å². The number of amides is 1. The molecule has 4 rings (SSSR count). The summed E-state index contributed by atoms with van der Waals surface area (Å²) in [4.78, 5) is 21.5. The lowest BCUT2D eigenvalue weighted by atomic mass is 10.1. The minimum absolute atomic E-state index is 0.111. The molecule has 0 spiro atoms. The maximum absolute atomic E-state index is 13.2. The van der Waals surface area contributed by atoms with Crippen molar-refractivity contribution >= 4 is 17.4 Å². The largest absolute Gasteiger partial charge is 0.346 e. The lowest BCUT2D eigenvalue weighted by Gasteiger charge is -2.15. The Kier molecular flexibility index (Phi) is 6.22. The highest BCUT2D eigenvalue weighted by Gasteiger charge is 2.12.